The number of halogens is 6. The van der Waals surface area contributed by atoms with Crippen molar-refractivity contribution in [3.63, 3.8) is 0 Å². The Bertz CT molecular complexity index is 822. The van der Waals surface area contributed by atoms with Crippen LogP contribution in [-0.4, -0.2) is 74.8 Å². The van der Waals surface area contributed by atoms with Crippen molar-refractivity contribution in [3.8, 4) is 0 Å². The number of aromatic nitrogens is 1. The van der Waals surface area contributed by atoms with E-state index in [1.807, 2.05) is 13.2 Å². The summed E-state index contributed by atoms with van der Waals surface area (Å²) in [6.45, 7) is 9.21. The zero-order valence-corrected chi connectivity index (χ0v) is 32.1. The molecular formula is C25H46Br6N6O. The van der Waals surface area contributed by atoms with Crippen LogP contribution >= 0.6 is 102 Å². The maximum atomic E-state index is 4.81. The summed E-state index contributed by atoms with van der Waals surface area (Å²) in [7, 11) is 2.01. The van der Waals surface area contributed by atoms with Gasteiger partial charge in [0, 0.05) is 51.0 Å². The predicted octanol–water partition coefficient (Wildman–Crippen LogP) is 4.30. The molecule has 1 aromatic heterocycles. The molecule has 1 saturated heterocycles. The SMILES string of the molecule is Br.Br.Br.Br.Br.Br.CNCc1nccc2c1C(N1CCCNCCNCCCNCC1)c1ccc(cc1)C2.O. The third-order valence-corrected chi connectivity index (χ3v) is 6.40. The molecular weight excluding hydrogens is 880 g/mol. The van der Waals surface area contributed by atoms with Crippen LogP contribution < -0.4 is 21.3 Å². The van der Waals surface area contributed by atoms with Crippen LogP contribution in [0.3, 0.4) is 0 Å². The molecule has 1 aliphatic heterocycles. The van der Waals surface area contributed by atoms with Crippen LogP contribution in [-0.2, 0) is 13.0 Å². The molecule has 224 valence electrons. The van der Waals surface area contributed by atoms with Crippen molar-refractivity contribution in [1.29, 1.82) is 0 Å². The Balaban J connectivity index is -0.000000826. The number of nitrogens with zero attached hydrogens (tertiary/aromatic N) is 2. The van der Waals surface area contributed by atoms with Gasteiger partial charge in [-0.3, -0.25) is 9.88 Å². The largest absolute Gasteiger partial charge is 0.412 e. The average molecular weight is 926 g/mol. The number of hydrogen-bond acceptors (Lipinski definition) is 6. The lowest BCUT2D eigenvalue weighted by atomic mass is 9.85. The molecule has 1 atom stereocenters. The molecule has 0 amide bonds. The molecule has 13 heteroatoms. The van der Waals surface area contributed by atoms with Crippen LogP contribution in [0.5, 0.6) is 0 Å². The number of benzene rings is 1. The van der Waals surface area contributed by atoms with Crippen molar-refractivity contribution in [1.82, 2.24) is 31.2 Å². The van der Waals surface area contributed by atoms with Crippen LogP contribution in [0.1, 0.15) is 46.8 Å². The Hall–Kier alpha value is 1.01. The number of fused-ring (bicyclic) bond motifs is 2. The van der Waals surface area contributed by atoms with Gasteiger partial charge in [-0.15, -0.1) is 102 Å². The normalized spacial score (nSPS) is 17.7. The van der Waals surface area contributed by atoms with Gasteiger partial charge in [0.2, 0.25) is 0 Å². The molecule has 1 fully saturated rings. The van der Waals surface area contributed by atoms with E-state index in [4.69, 9.17) is 4.98 Å². The minimum Gasteiger partial charge on any atom is -0.412 e. The Morgan fingerprint density at radius 1 is 0.789 bits per heavy atom. The first-order valence-corrected chi connectivity index (χ1v) is 11.9. The summed E-state index contributed by atoms with van der Waals surface area (Å²) in [6.07, 6.45) is 5.28. The van der Waals surface area contributed by atoms with Gasteiger partial charge < -0.3 is 26.7 Å². The lowest BCUT2D eigenvalue weighted by Gasteiger charge is -2.36. The van der Waals surface area contributed by atoms with Gasteiger partial charge in [0.25, 0.3) is 0 Å². The highest BCUT2D eigenvalue weighted by Crippen LogP contribution is 2.36. The smallest absolute Gasteiger partial charge is 0.0623 e. The van der Waals surface area contributed by atoms with Gasteiger partial charge in [0.15, 0.2) is 0 Å². The lowest BCUT2D eigenvalue weighted by Crippen LogP contribution is -2.40. The summed E-state index contributed by atoms with van der Waals surface area (Å²) in [6, 6.07) is 11.8. The van der Waals surface area contributed by atoms with Crippen LogP contribution in [0.25, 0.3) is 0 Å². The van der Waals surface area contributed by atoms with Crippen LogP contribution in [0.15, 0.2) is 36.5 Å². The minimum atomic E-state index is 0. The first-order chi connectivity index (χ1) is 15.4. The fourth-order valence-corrected chi connectivity index (χ4v) is 4.85. The first kappa shape index (κ1) is 46.0. The monoisotopic (exact) mass is 920 g/mol. The van der Waals surface area contributed by atoms with Gasteiger partial charge in [-0.2, -0.15) is 0 Å². The third-order valence-electron chi connectivity index (χ3n) is 6.40. The molecule has 7 nitrogen and oxygen atoms in total. The van der Waals surface area contributed by atoms with Gasteiger partial charge in [-0.05, 0) is 68.7 Å². The van der Waals surface area contributed by atoms with E-state index >= 15 is 0 Å². The molecule has 38 heavy (non-hydrogen) atoms. The molecule has 6 N–H and O–H groups in total. The zero-order chi connectivity index (χ0) is 21.3. The van der Waals surface area contributed by atoms with Gasteiger partial charge >= 0.3 is 0 Å². The molecule has 0 spiro atoms. The second kappa shape index (κ2) is 25.7. The summed E-state index contributed by atoms with van der Waals surface area (Å²) >= 11 is 0. The quantitative estimate of drug-likeness (QED) is 0.368. The fraction of sp³-hybridized carbons (Fsp3) is 0.560. The molecule has 2 aliphatic carbocycles. The van der Waals surface area contributed by atoms with E-state index in [0.717, 1.165) is 71.7 Å². The van der Waals surface area contributed by atoms with E-state index in [1.165, 1.54) is 34.4 Å². The summed E-state index contributed by atoms with van der Waals surface area (Å²) in [4.78, 5) is 7.49. The lowest BCUT2D eigenvalue weighted by molar-refractivity contribution is 0.219. The van der Waals surface area contributed by atoms with Crippen LogP contribution in [0.4, 0.5) is 0 Å². The summed E-state index contributed by atoms with van der Waals surface area (Å²) in [5.74, 6) is 0. The van der Waals surface area contributed by atoms with Gasteiger partial charge in [0.1, 0.15) is 0 Å². The van der Waals surface area contributed by atoms with Crippen molar-refractivity contribution < 1.29 is 5.48 Å². The van der Waals surface area contributed by atoms with Crippen molar-refractivity contribution >= 4 is 102 Å². The number of pyridine rings is 1. The zero-order valence-electron chi connectivity index (χ0n) is 21.9. The van der Waals surface area contributed by atoms with Gasteiger partial charge in [-0.1, -0.05) is 24.3 Å². The molecule has 1 unspecified atom stereocenters. The van der Waals surface area contributed by atoms with Crippen LogP contribution in [0, 0.1) is 0 Å². The Morgan fingerprint density at radius 3 is 2.03 bits per heavy atom. The van der Waals surface area contributed by atoms with Crippen molar-refractivity contribution in [3.05, 3.63) is 64.5 Å². The average Bonchev–Trinajstić information content (AvgIpc) is 2.77. The fourth-order valence-electron chi connectivity index (χ4n) is 4.85. The molecule has 1 aromatic carbocycles. The topological polar surface area (TPSA) is 95.8 Å². The minimum absolute atomic E-state index is 0. The molecule has 2 aromatic rings. The highest BCUT2D eigenvalue weighted by molar-refractivity contribution is 8.93. The van der Waals surface area contributed by atoms with Crippen LogP contribution in [0.2, 0.25) is 0 Å². The molecule has 5 rings (SSSR count). The number of hydrogen-bond donors (Lipinski definition) is 4. The molecule has 3 aliphatic rings. The second-order valence-electron chi connectivity index (χ2n) is 8.67. The van der Waals surface area contributed by atoms with Crippen molar-refractivity contribution in [2.45, 2.75) is 31.8 Å². The molecule has 0 saturated carbocycles. The summed E-state index contributed by atoms with van der Waals surface area (Å²) in [5, 5.41) is 14.1. The predicted molar refractivity (Wildman–Crippen MR) is 193 cm³/mol. The van der Waals surface area contributed by atoms with E-state index in [0.29, 0.717) is 0 Å². The molecule has 2 heterocycles. The standard InChI is InChI=1S/C25H38N6.6BrH.H2O/c1-26-19-23-24-22(8-12-30-23)18-20-4-6-21(7-5-20)25(24)31-16-3-11-28-14-13-27-9-2-10-29-15-17-31;;;;;;;/h4-8,12,25-29H,2-3,9-11,13-19H2,1H3;6*1H;1H2. The maximum absolute atomic E-state index is 4.81. The molecule has 0 radical (unpaired) electrons. The van der Waals surface area contributed by atoms with Crippen molar-refractivity contribution in [2.24, 2.45) is 0 Å². The van der Waals surface area contributed by atoms with E-state index in [2.05, 4.69) is 56.5 Å². The van der Waals surface area contributed by atoms with E-state index < -0.39 is 0 Å². The van der Waals surface area contributed by atoms with E-state index in [1.54, 1.807) is 0 Å². The Labute approximate surface area is 291 Å². The summed E-state index contributed by atoms with van der Waals surface area (Å²) < 4.78 is 0. The van der Waals surface area contributed by atoms with Crippen molar-refractivity contribution in [2.75, 3.05) is 59.4 Å². The third kappa shape index (κ3) is 13.3. The van der Waals surface area contributed by atoms with E-state index in [9.17, 15) is 0 Å². The Morgan fingerprint density at radius 2 is 1.39 bits per heavy atom. The summed E-state index contributed by atoms with van der Waals surface area (Å²) in [5.41, 5.74) is 6.78. The first-order valence-electron chi connectivity index (χ1n) is 11.9. The van der Waals surface area contributed by atoms with Gasteiger partial charge in [0.05, 0.1) is 11.7 Å². The second-order valence-corrected chi connectivity index (χ2v) is 8.67. The number of rotatable bonds is 3. The highest BCUT2D eigenvalue weighted by atomic mass is 79.9. The number of nitrogens with one attached hydrogen (secondary N) is 4. The Kier molecular flexibility index (Phi) is 31.1. The maximum Gasteiger partial charge on any atom is 0.0623 e. The van der Waals surface area contributed by atoms with E-state index in [-0.39, 0.29) is 113 Å². The highest BCUT2D eigenvalue weighted by Gasteiger charge is 2.28. The molecule has 2 bridgehead atoms. The van der Waals surface area contributed by atoms with Gasteiger partial charge in [-0.25, -0.2) is 0 Å².